The molecule has 0 fully saturated rings. The molecule has 0 aliphatic rings. The Bertz CT molecular complexity index is 271. The molecule has 0 bridgehead atoms. The average molecular weight is 289 g/mol. The van der Waals surface area contributed by atoms with Crippen molar-refractivity contribution >= 4 is 22.6 Å². The molecule has 2 heteroatoms. The van der Waals surface area contributed by atoms with Crippen molar-refractivity contribution in [3.05, 3.63) is 34.9 Å². The van der Waals surface area contributed by atoms with Gasteiger partial charge in [0.2, 0.25) is 0 Å². The molecule has 0 saturated carbocycles. The van der Waals surface area contributed by atoms with Crippen molar-refractivity contribution < 1.29 is 0 Å². The second kappa shape index (κ2) is 5.60. The van der Waals surface area contributed by atoms with Gasteiger partial charge in [0.05, 0.1) is 0 Å². The molecule has 0 atom stereocenters. The number of rotatable bonds is 4. The number of alkyl halides is 1. The first-order chi connectivity index (χ1) is 6.24. The van der Waals surface area contributed by atoms with E-state index >= 15 is 0 Å². The van der Waals surface area contributed by atoms with E-state index in [0.29, 0.717) is 0 Å². The highest BCUT2D eigenvalue weighted by molar-refractivity contribution is 14.1. The Morgan fingerprint density at radius 3 is 2.77 bits per heavy atom. The monoisotopic (exact) mass is 289 g/mol. The van der Waals surface area contributed by atoms with Gasteiger partial charge in [0.25, 0.3) is 0 Å². The van der Waals surface area contributed by atoms with E-state index in [1.54, 1.807) is 0 Å². The van der Waals surface area contributed by atoms with Crippen molar-refractivity contribution in [3.8, 4) is 0 Å². The van der Waals surface area contributed by atoms with E-state index < -0.39 is 0 Å². The van der Waals surface area contributed by atoms with Crippen LogP contribution in [0.1, 0.15) is 16.7 Å². The van der Waals surface area contributed by atoms with Crippen LogP contribution >= 0.6 is 22.6 Å². The molecule has 0 saturated heterocycles. The van der Waals surface area contributed by atoms with E-state index in [4.69, 9.17) is 0 Å². The van der Waals surface area contributed by atoms with Crippen LogP contribution in [0.25, 0.3) is 0 Å². The molecule has 1 aromatic carbocycles. The summed E-state index contributed by atoms with van der Waals surface area (Å²) in [6.45, 7) is 6.40. The molecule has 0 heterocycles. The van der Waals surface area contributed by atoms with Crippen LogP contribution < -0.4 is 5.32 Å². The number of hydrogen-bond donors (Lipinski definition) is 1. The Balaban J connectivity index is 2.59. The summed E-state index contributed by atoms with van der Waals surface area (Å²) in [5.74, 6) is 0. The lowest BCUT2D eigenvalue weighted by atomic mass is 10.1. The lowest BCUT2D eigenvalue weighted by molar-refractivity contribution is 0.732. The van der Waals surface area contributed by atoms with E-state index in [0.717, 1.165) is 13.1 Å². The quantitative estimate of drug-likeness (QED) is 0.510. The smallest absolute Gasteiger partial charge is 0.0208 e. The van der Waals surface area contributed by atoms with Crippen molar-refractivity contribution in [2.24, 2.45) is 0 Å². The molecule has 0 spiro atoms. The van der Waals surface area contributed by atoms with Crippen LogP contribution in [0.3, 0.4) is 0 Å². The Hall–Kier alpha value is -0.0900. The van der Waals surface area contributed by atoms with E-state index in [-0.39, 0.29) is 0 Å². The van der Waals surface area contributed by atoms with Crippen molar-refractivity contribution in [2.75, 3.05) is 11.0 Å². The van der Waals surface area contributed by atoms with Gasteiger partial charge in [-0.15, -0.1) is 0 Å². The highest BCUT2D eigenvalue weighted by Gasteiger charge is 1.97. The summed E-state index contributed by atoms with van der Waals surface area (Å²) in [5, 5.41) is 3.41. The van der Waals surface area contributed by atoms with Gasteiger partial charge < -0.3 is 5.32 Å². The largest absolute Gasteiger partial charge is 0.312 e. The molecule has 72 valence electrons. The van der Waals surface area contributed by atoms with Gasteiger partial charge in [0, 0.05) is 17.5 Å². The van der Waals surface area contributed by atoms with E-state index in [1.165, 1.54) is 21.1 Å². The first-order valence-electron chi connectivity index (χ1n) is 4.57. The standard InChI is InChI=1S/C11H16IN/c1-9-3-4-10(2)11(7-9)8-13-6-5-12/h3-4,7,13H,5-6,8H2,1-2H3. The second-order valence-corrected chi connectivity index (χ2v) is 4.37. The second-order valence-electron chi connectivity index (χ2n) is 3.30. The van der Waals surface area contributed by atoms with E-state index in [9.17, 15) is 0 Å². The van der Waals surface area contributed by atoms with E-state index in [1.807, 2.05) is 0 Å². The SMILES string of the molecule is Cc1ccc(C)c(CNCCI)c1. The van der Waals surface area contributed by atoms with Crippen LogP contribution in [0.2, 0.25) is 0 Å². The number of halogens is 1. The summed E-state index contributed by atoms with van der Waals surface area (Å²) < 4.78 is 1.17. The highest BCUT2D eigenvalue weighted by atomic mass is 127. The molecule has 0 aliphatic carbocycles. The number of nitrogens with one attached hydrogen (secondary N) is 1. The zero-order valence-electron chi connectivity index (χ0n) is 8.23. The molecule has 0 unspecified atom stereocenters. The Morgan fingerprint density at radius 1 is 1.31 bits per heavy atom. The number of hydrogen-bond acceptors (Lipinski definition) is 1. The van der Waals surface area contributed by atoms with Crippen LogP contribution in [0, 0.1) is 13.8 Å². The van der Waals surface area contributed by atoms with Gasteiger partial charge in [-0.25, -0.2) is 0 Å². The lowest BCUT2D eigenvalue weighted by Gasteiger charge is -2.07. The topological polar surface area (TPSA) is 12.0 Å². The summed E-state index contributed by atoms with van der Waals surface area (Å²) in [4.78, 5) is 0. The summed E-state index contributed by atoms with van der Waals surface area (Å²) in [5.41, 5.74) is 4.15. The number of aryl methyl sites for hydroxylation is 2. The molecular formula is C11H16IN. The Morgan fingerprint density at radius 2 is 2.08 bits per heavy atom. The molecule has 0 radical (unpaired) electrons. The highest BCUT2D eigenvalue weighted by Crippen LogP contribution is 2.09. The molecule has 1 aromatic rings. The summed E-state index contributed by atoms with van der Waals surface area (Å²) in [7, 11) is 0. The van der Waals surface area contributed by atoms with Crippen molar-refractivity contribution in [2.45, 2.75) is 20.4 Å². The summed E-state index contributed by atoms with van der Waals surface area (Å²) in [6, 6.07) is 6.61. The summed E-state index contributed by atoms with van der Waals surface area (Å²) in [6.07, 6.45) is 0. The van der Waals surface area contributed by atoms with Crippen molar-refractivity contribution in [1.82, 2.24) is 5.32 Å². The maximum atomic E-state index is 3.41. The van der Waals surface area contributed by atoms with Gasteiger partial charge in [-0.1, -0.05) is 46.4 Å². The lowest BCUT2D eigenvalue weighted by Crippen LogP contribution is -2.16. The summed E-state index contributed by atoms with van der Waals surface area (Å²) >= 11 is 2.38. The third-order valence-electron chi connectivity index (χ3n) is 2.09. The van der Waals surface area contributed by atoms with Crippen LogP contribution in [-0.2, 0) is 6.54 Å². The third-order valence-corrected chi connectivity index (χ3v) is 2.63. The first kappa shape index (κ1) is 11.0. The fourth-order valence-corrected chi connectivity index (χ4v) is 1.66. The zero-order valence-corrected chi connectivity index (χ0v) is 10.4. The van der Waals surface area contributed by atoms with Gasteiger partial charge in [-0.2, -0.15) is 0 Å². The zero-order chi connectivity index (χ0) is 9.68. The predicted molar refractivity (Wildman–Crippen MR) is 66.5 cm³/mol. The Labute approximate surface area is 94.1 Å². The van der Waals surface area contributed by atoms with Gasteiger partial charge in [0.15, 0.2) is 0 Å². The minimum absolute atomic E-state index is 0.997. The maximum absolute atomic E-state index is 3.41. The maximum Gasteiger partial charge on any atom is 0.0208 e. The average Bonchev–Trinajstić information content (AvgIpc) is 2.11. The molecule has 0 amide bonds. The first-order valence-corrected chi connectivity index (χ1v) is 6.09. The fourth-order valence-electron chi connectivity index (χ4n) is 1.28. The predicted octanol–water partition coefficient (Wildman–Crippen LogP) is 2.83. The van der Waals surface area contributed by atoms with Crippen LogP contribution in [0.15, 0.2) is 18.2 Å². The Kier molecular flexibility index (Phi) is 4.73. The van der Waals surface area contributed by atoms with Gasteiger partial charge in [-0.3, -0.25) is 0 Å². The molecule has 13 heavy (non-hydrogen) atoms. The fraction of sp³-hybridized carbons (Fsp3) is 0.455. The van der Waals surface area contributed by atoms with Gasteiger partial charge >= 0.3 is 0 Å². The normalized spacial score (nSPS) is 10.4. The van der Waals surface area contributed by atoms with Gasteiger partial charge in [0.1, 0.15) is 0 Å². The molecular weight excluding hydrogens is 273 g/mol. The molecule has 1 N–H and O–H groups in total. The molecule has 1 rings (SSSR count). The number of benzene rings is 1. The molecule has 1 nitrogen and oxygen atoms in total. The van der Waals surface area contributed by atoms with Crippen molar-refractivity contribution in [3.63, 3.8) is 0 Å². The van der Waals surface area contributed by atoms with Gasteiger partial charge in [-0.05, 0) is 25.0 Å². The van der Waals surface area contributed by atoms with Crippen LogP contribution in [0.4, 0.5) is 0 Å². The third kappa shape index (κ3) is 3.65. The molecule has 0 aliphatic heterocycles. The minimum atomic E-state index is 0.997. The van der Waals surface area contributed by atoms with Crippen LogP contribution in [-0.4, -0.2) is 11.0 Å². The van der Waals surface area contributed by atoms with Crippen molar-refractivity contribution in [1.29, 1.82) is 0 Å². The minimum Gasteiger partial charge on any atom is -0.312 e. The van der Waals surface area contributed by atoms with Crippen LogP contribution in [0.5, 0.6) is 0 Å². The molecule has 0 aromatic heterocycles. The van der Waals surface area contributed by atoms with E-state index in [2.05, 4.69) is 60.0 Å².